The van der Waals surface area contributed by atoms with Crippen LogP contribution >= 0.6 is 23.6 Å². The Hall–Kier alpha value is -2.32. The molecule has 0 aliphatic carbocycles. The van der Waals surface area contributed by atoms with E-state index in [0.29, 0.717) is 22.9 Å². The molecular weight excluding hydrogens is 330 g/mol. The Morgan fingerprint density at radius 3 is 3.09 bits per heavy atom. The molecule has 0 fully saturated rings. The second-order valence-corrected chi connectivity index (χ2v) is 6.29. The van der Waals surface area contributed by atoms with E-state index in [1.54, 1.807) is 6.20 Å². The average molecular weight is 345 g/mol. The Morgan fingerprint density at radius 1 is 1.48 bits per heavy atom. The molecule has 8 heteroatoms. The maximum Gasteiger partial charge on any atom is 0.227 e. The van der Waals surface area contributed by atoms with Gasteiger partial charge in [0, 0.05) is 30.1 Å². The van der Waals surface area contributed by atoms with Gasteiger partial charge in [-0.25, -0.2) is 4.98 Å². The molecule has 0 spiro atoms. The third kappa shape index (κ3) is 3.72. The number of aromatic nitrogens is 4. The Morgan fingerprint density at radius 2 is 2.35 bits per heavy atom. The minimum Gasteiger partial charge on any atom is -0.302 e. The molecule has 6 nitrogen and oxygen atoms in total. The molecular formula is C15H15N5OS2. The van der Waals surface area contributed by atoms with E-state index in [1.165, 1.54) is 11.3 Å². The number of rotatable bonds is 5. The topological polar surface area (TPSA) is 75.6 Å². The molecule has 3 rings (SSSR count). The molecule has 0 saturated carbocycles. The molecule has 3 aromatic rings. The zero-order valence-corrected chi connectivity index (χ0v) is 14.1. The van der Waals surface area contributed by atoms with E-state index in [9.17, 15) is 4.79 Å². The van der Waals surface area contributed by atoms with E-state index < -0.39 is 0 Å². The van der Waals surface area contributed by atoms with Gasteiger partial charge in [0.15, 0.2) is 15.7 Å². The summed E-state index contributed by atoms with van der Waals surface area (Å²) in [5.74, 6) is 0.638. The van der Waals surface area contributed by atoms with Crippen LogP contribution in [-0.2, 0) is 11.3 Å². The number of amides is 1. The fourth-order valence-electron chi connectivity index (χ4n) is 2.21. The van der Waals surface area contributed by atoms with Crippen LogP contribution in [0.1, 0.15) is 12.0 Å². The van der Waals surface area contributed by atoms with E-state index in [1.807, 2.05) is 41.1 Å². The largest absolute Gasteiger partial charge is 0.302 e. The van der Waals surface area contributed by atoms with Gasteiger partial charge in [-0.15, -0.1) is 11.3 Å². The molecule has 0 radical (unpaired) electrons. The predicted molar refractivity (Wildman–Crippen MR) is 92.9 cm³/mol. The minimum atomic E-state index is -0.0988. The highest BCUT2D eigenvalue weighted by Crippen LogP contribution is 2.19. The zero-order valence-electron chi connectivity index (χ0n) is 12.4. The molecule has 2 heterocycles. The number of hydrogen-bond acceptors (Lipinski definition) is 5. The lowest BCUT2D eigenvalue weighted by molar-refractivity contribution is -0.116. The van der Waals surface area contributed by atoms with Gasteiger partial charge in [-0.05, 0) is 25.2 Å². The summed E-state index contributed by atoms with van der Waals surface area (Å²) < 4.78 is 2.34. The number of thiazole rings is 1. The highest BCUT2D eigenvalue weighted by Gasteiger charge is 2.11. The number of anilines is 1. The number of nitrogens with one attached hydrogen (secondary N) is 2. The first-order chi connectivity index (χ1) is 11.1. The van der Waals surface area contributed by atoms with Crippen molar-refractivity contribution in [2.75, 3.05) is 5.32 Å². The van der Waals surface area contributed by atoms with Crippen molar-refractivity contribution in [2.45, 2.75) is 19.9 Å². The van der Waals surface area contributed by atoms with E-state index in [0.717, 1.165) is 17.0 Å². The Balaban J connectivity index is 1.74. The van der Waals surface area contributed by atoms with Crippen molar-refractivity contribution in [1.82, 2.24) is 19.7 Å². The van der Waals surface area contributed by atoms with Gasteiger partial charge in [0.1, 0.15) is 0 Å². The zero-order chi connectivity index (χ0) is 16.2. The van der Waals surface area contributed by atoms with Gasteiger partial charge in [0.25, 0.3) is 0 Å². The number of H-pyrrole nitrogens is 1. The smallest absolute Gasteiger partial charge is 0.227 e. The van der Waals surface area contributed by atoms with Crippen molar-refractivity contribution >= 4 is 34.6 Å². The maximum atomic E-state index is 12.0. The van der Waals surface area contributed by atoms with Crippen molar-refractivity contribution in [1.29, 1.82) is 0 Å². The average Bonchev–Trinajstić information content (AvgIpc) is 3.15. The Bertz CT molecular complexity index is 866. The number of aromatic amines is 1. The van der Waals surface area contributed by atoms with Crippen molar-refractivity contribution in [3.05, 3.63) is 46.2 Å². The summed E-state index contributed by atoms with van der Waals surface area (Å²) in [7, 11) is 0. The summed E-state index contributed by atoms with van der Waals surface area (Å²) in [5.41, 5.74) is 2.11. The van der Waals surface area contributed by atoms with E-state index in [2.05, 4.69) is 20.5 Å². The van der Waals surface area contributed by atoms with Gasteiger partial charge < -0.3 is 5.32 Å². The van der Waals surface area contributed by atoms with E-state index >= 15 is 0 Å². The highest BCUT2D eigenvalue weighted by atomic mass is 32.1. The normalized spacial score (nSPS) is 10.7. The molecule has 1 aromatic carbocycles. The number of benzene rings is 1. The van der Waals surface area contributed by atoms with Crippen LogP contribution in [0.15, 0.2) is 35.8 Å². The number of aryl methyl sites for hydroxylation is 1. The first-order valence-electron chi connectivity index (χ1n) is 7.05. The summed E-state index contributed by atoms with van der Waals surface area (Å²) in [5, 5.41) is 12.3. The van der Waals surface area contributed by atoms with Gasteiger partial charge in [-0.3, -0.25) is 14.5 Å². The van der Waals surface area contributed by atoms with Gasteiger partial charge in [-0.2, -0.15) is 5.10 Å². The first-order valence-corrected chi connectivity index (χ1v) is 8.34. The van der Waals surface area contributed by atoms with Gasteiger partial charge >= 0.3 is 0 Å². The molecule has 0 aliphatic heterocycles. The number of hydrogen-bond donors (Lipinski definition) is 2. The third-order valence-corrected chi connectivity index (χ3v) is 4.28. The predicted octanol–water partition coefficient (Wildman–Crippen LogP) is 3.40. The lowest BCUT2D eigenvalue weighted by Crippen LogP contribution is -2.15. The molecule has 0 atom stereocenters. The standard InChI is InChI=1S/C15H15N5OS2/c1-10-3-2-4-11(9-10)13-18-19-15(22)20(13)7-5-12(21)17-14-16-6-8-23-14/h2-4,6,8-9H,5,7H2,1H3,(H,19,22)(H,16,17,21). The summed E-state index contributed by atoms with van der Waals surface area (Å²) in [6, 6.07) is 8.01. The molecule has 0 unspecified atom stereocenters. The fourth-order valence-corrected chi connectivity index (χ4v) is 2.98. The van der Waals surface area contributed by atoms with Gasteiger partial charge in [0.2, 0.25) is 5.91 Å². The molecule has 0 saturated heterocycles. The third-order valence-electron chi connectivity index (χ3n) is 3.28. The maximum absolute atomic E-state index is 12.0. The van der Waals surface area contributed by atoms with Crippen molar-refractivity contribution in [3.63, 3.8) is 0 Å². The monoisotopic (exact) mass is 345 g/mol. The van der Waals surface area contributed by atoms with Gasteiger partial charge in [-0.1, -0.05) is 23.8 Å². The molecule has 0 aliphatic rings. The van der Waals surface area contributed by atoms with Crippen LogP contribution in [-0.4, -0.2) is 25.7 Å². The summed E-state index contributed by atoms with van der Waals surface area (Å²) in [6.45, 7) is 2.48. The SMILES string of the molecule is Cc1cccc(-c2n[nH]c(=S)n2CCC(=O)Nc2nccs2)c1. The summed E-state index contributed by atoms with van der Waals surface area (Å²) >= 11 is 6.67. The number of carbonyl (C=O) groups is 1. The number of carbonyl (C=O) groups excluding carboxylic acids is 1. The fraction of sp³-hybridized carbons (Fsp3) is 0.200. The van der Waals surface area contributed by atoms with Gasteiger partial charge in [0.05, 0.1) is 0 Å². The van der Waals surface area contributed by atoms with Crippen molar-refractivity contribution in [3.8, 4) is 11.4 Å². The van der Waals surface area contributed by atoms with Crippen LogP contribution in [0.2, 0.25) is 0 Å². The quantitative estimate of drug-likeness (QED) is 0.695. The van der Waals surface area contributed by atoms with Crippen molar-refractivity contribution in [2.24, 2.45) is 0 Å². The molecule has 23 heavy (non-hydrogen) atoms. The number of nitrogens with zero attached hydrogens (tertiary/aromatic N) is 3. The minimum absolute atomic E-state index is 0.0988. The van der Waals surface area contributed by atoms with E-state index in [-0.39, 0.29) is 5.91 Å². The lowest BCUT2D eigenvalue weighted by Gasteiger charge is -2.07. The van der Waals surface area contributed by atoms with Crippen LogP contribution in [0.4, 0.5) is 5.13 Å². The van der Waals surface area contributed by atoms with Crippen LogP contribution in [0, 0.1) is 11.7 Å². The molecule has 118 valence electrons. The van der Waals surface area contributed by atoms with Crippen LogP contribution in [0.3, 0.4) is 0 Å². The van der Waals surface area contributed by atoms with Crippen LogP contribution in [0.5, 0.6) is 0 Å². The second-order valence-electron chi connectivity index (χ2n) is 5.01. The Kier molecular flexibility index (Phi) is 4.63. The summed E-state index contributed by atoms with van der Waals surface area (Å²) in [4.78, 5) is 16.0. The lowest BCUT2D eigenvalue weighted by atomic mass is 10.1. The molecule has 1 amide bonds. The van der Waals surface area contributed by atoms with Crippen LogP contribution in [0.25, 0.3) is 11.4 Å². The molecule has 2 aromatic heterocycles. The summed E-state index contributed by atoms with van der Waals surface area (Å²) in [6.07, 6.45) is 1.95. The highest BCUT2D eigenvalue weighted by molar-refractivity contribution is 7.71. The molecule has 0 bridgehead atoms. The van der Waals surface area contributed by atoms with Crippen molar-refractivity contribution < 1.29 is 4.79 Å². The second kappa shape index (κ2) is 6.84. The molecule has 2 N–H and O–H groups in total. The Labute approximate surface area is 142 Å². The van der Waals surface area contributed by atoms with E-state index in [4.69, 9.17) is 12.2 Å². The van der Waals surface area contributed by atoms with Crippen LogP contribution < -0.4 is 5.32 Å². The first kappa shape index (κ1) is 15.6.